The summed E-state index contributed by atoms with van der Waals surface area (Å²) in [5, 5.41) is 3.63. The predicted octanol–water partition coefficient (Wildman–Crippen LogP) is 7.25. The molecular weight excluding hydrogens is 436 g/mol. The SMILES string of the molecule is C1CC1.CCc1ccccn1.C[C@H](CC(=O)NCc1ccc(Cl)cc1)c1ccc(S)cc1. The van der Waals surface area contributed by atoms with Crippen LogP contribution in [0.2, 0.25) is 5.02 Å². The molecule has 5 heteroatoms. The number of nitrogens with one attached hydrogen (secondary N) is 1. The second kappa shape index (κ2) is 14.7. The maximum absolute atomic E-state index is 12.0. The number of aromatic nitrogens is 1. The summed E-state index contributed by atoms with van der Waals surface area (Å²) in [6, 6.07) is 21.4. The molecule has 0 saturated heterocycles. The summed E-state index contributed by atoms with van der Waals surface area (Å²) in [7, 11) is 0. The van der Waals surface area contributed by atoms with Crippen molar-refractivity contribution in [2.45, 2.75) is 63.3 Å². The molecule has 0 unspecified atom stereocenters. The van der Waals surface area contributed by atoms with Gasteiger partial charge in [-0.15, -0.1) is 12.6 Å². The molecule has 1 fully saturated rings. The number of halogens is 1. The van der Waals surface area contributed by atoms with E-state index in [1.165, 1.54) is 19.3 Å². The number of amides is 1. The normalized spacial score (nSPS) is 12.4. The van der Waals surface area contributed by atoms with Crippen molar-refractivity contribution in [3.63, 3.8) is 0 Å². The van der Waals surface area contributed by atoms with E-state index >= 15 is 0 Å². The second-order valence-corrected chi connectivity index (χ2v) is 8.79. The minimum atomic E-state index is 0.0485. The average molecular weight is 469 g/mol. The number of hydrogen-bond donors (Lipinski definition) is 2. The average Bonchev–Trinajstić information content (AvgIpc) is 3.70. The molecule has 0 spiro atoms. The van der Waals surface area contributed by atoms with E-state index in [1.807, 2.05) is 72.9 Å². The third kappa shape index (κ3) is 11.4. The number of carbonyl (C=O) groups is 1. The molecule has 1 heterocycles. The highest BCUT2D eigenvalue weighted by molar-refractivity contribution is 7.80. The summed E-state index contributed by atoms with van der Waals surface area (Å²) >= 11 is 10.1. The Bertz CT molecular complexity index is 910. The van der Waals surface area contributed by atoms with Gasteiger partial charge in [0.15, 0.2) is 0 Å². The van der Waals surface area contributed by atoms with E-state index in [0.717, 1.165) is 28.1 Å². The first-order valence-electron chi connectivity index (χ1n) is 11.2. The Morgan fingerprint density at radius 3 is 2.19 bits per heavy atom. The van der Waals surface area contributed by atoms with Gasteiger partial charge in [0.25, 0.3) is 0 Å². The van der Waals surface area contributed by atoms with E-state index < -0.39 is 0 Å². The number of nitrogens with zero attached hydrogens (tertiary/aromatic N) is 1. The molecular formula is C27H33ClN2OS. The number of thiol groups is 1. The van der Waals surface area contributed by atoms with Gasteiger partial charge >= 0.3 is 0 Å². The van der Waals surface area contributed by atoms with Crippen LogP contribution in [0.1, 0.15) is 62.3 Å². The van der Waals surface area contributed by atoms with E-state index in [9.17, 15) is 4.79 Å². The van der Waals surface area contributed by atoms with Crippen LogP contribution in [0.15, 0.2) is 77.8 Å². The molecule has 1 saturated carbocycles. The highest BCUT2D eigenvalue weighted by Gasteiger charge is 2.11. The first-order chi connectivity index (χ1) is 15.5. The molecule has 0 bridgehead atoms. The van der Waals surface area contributed by atoms with Gasteiger partial charge in [-0.25, -0.2) is 0 Å². The number of hydrogen-bond acceptors (Lipinski definition) is 3. The summed E-state index contributed by atoms with van der Waals surface area (Å²) in [6.45, 7) is 4.68. The van der Waals surface area contributed by atoms with Gasteiger partial charge in [0.2, 0.25) is 5.91 Å². The summed E-state index contributed by atoms with van der Waals surface area (Å²) in [4.78, 5) is 17.0. The lowest BCUT2D eigenvalue weighted by molar-refractivity contribution is -0.121. The summed E-state index contributed by atoms with van der Waals surface area (Å²) in [6.07, 6.45) is 7.82. The Morgan fingerprint density at radius 2 is 1.69 bits per heavy atom. The number of rotatable bonds is 6. The van der Waals surface area contributed by atoms with Crippen molar-refractivity contribution in [2.24, 2.45) is 0 Å². The zero-order valence-corrected chi connectivity index (χ0v) is 20.6. The molecule has 3 aromatic rings. The molecule has 170 valence electrons. The lowest BCUT2D eigenvalue weighted by Gasteiger charge is -2.12. The van der Waals surface area contributed by atoms with Gasteiger partial charge in [0, 0.05) is 34.8 Å². The zero-order chi connectivity index (χ0) is 23.2. The molecule has 1 amide bonds. The fourth-order valence-corrected chi connectivity index (χ4v) is 2.96. The smallest absolute Gasteiger partial charge is 0.220 e. The van der Waals surface area contributed by atoms with Crippen LogP contribution in [0, 0.1) is 0 Å². The van der Waals surface area contributed by atoms with Gasteiger partial charge in [0.05, 0.1) is 0 Å². The first kappa shape index (κ1) is 26.0. The number of aryl methyl sites for hydroxylation is 1. The zero-order valence-electron chi connectivity index (χ0n) is 18.9. The van der Waals surface area contributed by atoms with Crippen molar-refractivity contribution < 1.29 is 4.79 Å². The minimum absolute atomic E-state index is 0.0485. The molecule has 1 aliphatic rings. The van der Waals surface area contributed by atoms with Crippen LogP contribution in [0.3, 0.4) is 0 Å². The van der Waals surface area contributed by atoms with Crippen LogP contribution in [-0.2, 0) is 17.8 Å². The Labute approximate surface area is 203 Å². The highest BCUT2D eigenvalue weighted by atomic mass is 35.5. The Hall–Kier alpha value is -2.30. The number of benzene rings is 2. The van der Waals surface area contributed by atoms with E-state index in [0.29, 0.717) is 18.0 Å². The largest absolute Gasteiger partial charge is 0.352 e. The maximum atomic E-state index is 12.0. The third-order valence-corrected chi connectivity index (χ3v) is 5.35. The Morgan fingerprint density at radius 1 is 1.03 bits per heavy atom. The second-order valence-electron chi connectivity index (χ2n) is 7.84. The molecule has 2 aromatic carbocycles. The van der Waals surface area contributed by atoms with Gasteiger partial charge < -0.3 is 5.32 Å². The van der Waals surface area contributed by atoms with Crippen LogP contribution in [0.25, 0.3) is 0 Å². The Balaban J connectivity index is 0.000000268. The van der Waals surface area contributed by atoms with Crippen molar-refractivity contribution in [1.29, 1.82) is 0 Å². The maximum Gasteiger partial charge on any atom is 0.220 e. The molecule has 1 atom stereocenters. The van der Waals surface area contributed by atoms with Crippen LogP contribution < -0.4 is 5.32 Å². The van der Waals surface area contributed by atoms with E-state index in [2.05, 4.69) is 36.8 Å². The molecule has 0 aliphatic heterocycles. The molecule has 1 aliphatic carbocycles. The van der Waals surface area contributed by atoms with Gasteiger partial charge in [-0.3, -0.25) is 9.78 Å². The van der Waals surface area contributed by atoms with Crippen molar-refractivity contribution >= 4 is 30.1 Å². The predicted molar refractivity (Wildman–Crippen MR) is 137 cm³/mol. The van der Waals surface area contributed by atoms with Crippen LogP contribution in [-0.4, -0.2) is 10.9 Å². The van der Waals surface area contributed by atoms with Crippen molar-refractivity contribution in [1.82, 2.24) is 10.3 Å². The molecule has 4 rings (SSSR count). The lowest BCUT2D eigenvalue weighted by atomic mass is 9.97. The fraction of sp³-hybridized carbons (Fsp3) is 0.333. The van der Waals surface area contributed by atoms with E-state index in [4.69, 9.17) is 11.6 Å². The summed E-state index contributed by atoms with van der Waals surface area (Å²) in [5.74, 6) is 0.233. The number of carbonyl (C=O) groups excluding carboxylic acids is 1. The minimum Gasteiger partial charge on any atom is -0.352 e. The number of pyridine rings is 1. The topological polar surface area (TPSA) is 42.0 Å². The van der Waals surface area contributed by atoms with Gasteiger partial charge in [0.1, 0.15) is 0 Å². The van der Waals surface area contributed by atoms with Crippen molar-refractivity contribution in [2.75, 3.05) is 0 Å². The molecule has 3 nitrogen and oxygen atoms in total. The van der Waals surface area contributed by atoms with Gasteiger partial charge in [-0.2, -0.15) is 0 Å². The standard InChI is InChI=1S/C17H18ClNOS.C7H9N.C3H6/c1-12(14-4-8-16(21)9-5-14)10-17(20)19-11-13-2-6-15(18)7-3-13;1-2-7-5-3-4-6-8-7;1-2-3-1/h2-9,12,21H,10-11H2,1H3,(H,19,20);3-6H,2H2,1H3;1-3H2/t12-;;/m1../s1. The van der Waals surface area contributed by atoms with Crippen molar-refractivity contribution in [3.05, 3.63) is 94.8 Å². The quantitative estimate of drug-likeness (QED) is 0.374. The fourth-order valence-electron chi connectivity index (χ4n) is 2.68. The van der Waals surface area contributed by atoms with Crippen LogP contribution in [0.4, 0.5) is 0 Å². The van der Waals surface area contributed by atoms with Gasteiger partial charge in [-0.1, -0.05) is 75.0 Å². The monoisotopic (exact) mass is 468 g/mol. The molecule has 32 heavy (non-hydrogen) atoms. The Kier molecular flexibility index (Phi) is 11.9. The lowest BCUT2D eigenvalue weighted by Crippen LogP contribution is -2.24. The molecule has 1 N–H and O–H groups in total. The van der Waals surface area contributed by atoms with Crippen LogP contribution >= 0.6 is 24.2 Å². The van der Waals surface area contributed by atoms with Crippen LogP contribution in [0.5, 0.6) is 0 Å². The summed E-state index contributed by atoms with van der Waals surface area (Å²) < 4.78 is 0. The van der Waals surface area contributed by atoms with E-state index in [1.54, 1.807) is 0 Å². The first-order valence-corrected chi connectivity index (χ1v) is 12.0. The highest BCUT2D eigenvalue weighted by Crippen LogP contribution is 2.20. The third-order valence-electron chi connectivity index (χ3n) is 4.80. The van der Waals surface area contributed by atoms with Crippen molar-refractivity contribution in [3.8, 4) is 0 Å². The summed E-state index contributed by atoms with van der Waals surface area (Å²) in [5.41, 5.74) is 3.35. The van der Waals surface area contributed by atoms with Gasteiger partial charge in [-0.05, 0) is 59.9 Å². The molecule has 0 radical (unpaired) electrons. The molecule has 1 aromatic heterocycles. The van der Waals surface area contributed by atoms with E-state index in [-0.39, 0.29) is 11.8 Å².